The van der Waals surface area contributed by atoms with Crippen LogP contribution in [-0.2, 0) is 10.0 Å². The molecule has 1 aliphatic rings. The molecule has 0 saturated heterocycles. The first kappa shape index (κ1) is 15.3. The van der Waals surface area contributed by atoms with Gasteiger partial charge in [-0.15, -0.1) is 0 Å². The maximum absolute atomic E-state index is 12.6. The Balaban J connectivity index is 2.27. The lowest BCUT2D eigenvalue weighted by atomic mass is 10.0. The Hall–Kier alpha value is -1.11. The summed E-state index contributed by atoms with van der Waals surface area (Å²) in [6.07, 6.45) is 3.20. The summed E-state index contributed by atoms with van der Waals surface area (Å²) in [4.78, 5) is 0.210. The minimum absolute atomic E-state index is 0.129. The number of likely N-dealkylation sites (N-methyl/N-ethyl adjacent to an activating group) is 1. The van der Waals surface area contributed by atoms with Crippen molar-refractivity contribution in [1.29, 1.82) is 0 Å². The van der Waals surface area contributed by atoms with Crippen molar-refractivity contribution >= 4 is 15.7 Å². The van der Waals surface area contributed by atoms with Crippen LogP contribution < -0.4 is 5.73 Å². The van der Waals surface area contributed by atoms with Gasteiger partial charge >= 0.3 is 0 Å². The second kappa shape index (κ2) is 5.35. The Bertz CT molecular complexity index is 592. The van der Waals surface area contributed by atoms with Crippen molar-refractivity contribution < 1.29 is 13.5 Å². The highest BCUT2D eigenvalue weighted by Gasteiger charge is 2.36. The maximum Gasteiger partial charge on any atom is 0.243 e. The number of nitrogens with zero attached hydrogens (tertiary/aromatic N) is 1. The quantitative estimate of drug-likeness (QED) is 0.825. The average molecular weight is 298 g/mol. The Morgan fingerprint density at radius 1 is 1.35 bits per heavy atom. The number of hydrogen-bond donors (Lipinski definition) is 2. The van der Waals surface area contributed by atoms with Crippen molar-refractivity contribution in [3.05, 3.63) is 23.8 Å². The zero-order valence-electron chi connectivity index (χ0n) is 12.0. The first-order valence-corrected chi connectivity index (χ1v) is 8.23. The molecule has 112 valence electrons. The highest BCUT2D eigenvalue weighted by Crippen LogP contribution is 2.31. The summed E-state index contributed by atoms with van der Waals surface area (Å²) in [6, 6.07) is 4.85. The van der Waals surface area contributed by atoms with Crippen LogP contribution in [0.3, 0.4) is 0 Å². The number of sulfonamides is 1. The number of rotatable bonds is 4. The molecule has 1 saturated carbocycles. The third-order valence-corrected chi connectivity index (χ3v) is 5.90. The molecule has 2 rings (SSSR count). The Kier molecular flexibility index (Phi) is 4.09. The molecule has 1 aromatic rings. The van der Waals surface area contributed by atoms with Crippen LogP contribution in [-0.4, -0.2) is 37.0 Å². The number of benzene rings is 1. The molecular weight excluding hydrogens is 276 g/mol. The number of aryl methyl sites for hydroxylation is 1. The van der Waals surface area contributed by atoms with Crippen LogP contribution in [0, 0.1) is 6.92 Å². The lowest BCUT2D eigenvalue weighted by Gasteiger charge is -2.28. The summed E-state index contributed by atoms with van der Waals surface area (Å²) in [5, 5.41) is 10.4. The average Bonchev–Trinajstić information content (AvgIpc) is 2.78. The van der Waals surface area contributed by atoms with Crippen LogP contribution in [0.4, 0.5) is 5.69 Å². The van der Waals surface area contributed by atoms with Gasteiger partial charge in [0.05, 0.1) is 10.5 Å². The molecule has 3 N–H and O–H groups in total. The standard InChI is InChI=1S/C14H22N2O3S/c1-11-5-6-12(15)9-13(11)20(18,19)16(2)10-14(17)7-3-4-8-14/h5-6,9,17H,3-4,7-8,10,15H2,1-2H3. The highest BCUT2D eigenvalue weighted by molar-refractivity contribution is 7.89. The minimum Gasteiger partial charge on any atom is -0.399 e. The largest absolute Gasteiger partial charge is 0.399 e. The highest BCUT2D eigenvalue weighted by atomic mass is 32.2. The van der Waals surface area contributed by atoms with Crippen molar-refractivity contribution in [2.75, 3.05) is 19.3 Å². The molecule has 20 heavy (non-hydrogen) atoms. The fourth-order valence-corrected chi connectivity index (χ4v) is 4.26. The summed E-state index contributed by atoms with van der Waals surface area (Å²) in [5.41, 5.74) is 5.86. The molecule has 6 heteroatoms. The van der Waals surface area contributed by atoms with Gasteiger partial charge in [0.15, 0.2) is 0 Å². The fraction of sp³-hybridized carbons (Fsp3) is 0.571. The van der Waals surface area contributed by atoms with Gasteiger partial charge in [-0.3, -0.25) is 0 Å². The molecule has 1 aromatic carbocycles. The lowest BCUT2D eigenvalue weighted by Crippen LogP contribution is -2.42. The van der Waals surface area contributed by atoms with E-state index in [1.807, 2.05) is 0 Å². The third kappa shape index (κ3) is 2.97. The van der Waals surface area contributed by atoms with Gasteiger partial charge in [-0.05, 0) is 37.5 Å². The van der Waals surface area contributed by atoms with Gasteiger partial charge in [0.25, 0.3) is 0 Å². The maximum atomic E-state index is 12.6. The van der Waals surface area contributed by atoms with Crippen LogP contribution in [0.5, 0.6) is 0 Å². The van der Waals surface area contributed by atoms with Crippen molar-refractivity contribution in [1.82, 2.24) is 4.31 Å². The Labute approximate surface area is 120 Å². The van der Waals surface area contributed by atoms with Crippen LogP contribution in [0.2, 0.25) is 0 Å². The molecule has 0 aliphatic heterocycles. The van der Waals surface area contributed by atoms with Crippen molar-refractivity contribution in [2.45, 2.75) is 43.1 Å². The van der Waals surface area contributed by atoms with E-state index in [0.717, 1.165) is 12.8 Å². The molecule has 0 bridgehead atoms. The summed E-state index contributed by atoms with van der Waals surface area (Å²) >= 11 is 0. The van der Waals surface area contributed by atoms with E-state index in [2.05, 4.69) is 0 Å². The lowest BCUT2D eigenvalue weighted by molar-refractivity contribution is 0.0333. The minimum atomic E-state index is -3.62. The second-order valence-corrected chi connectivity index (χ2v) is 7.73. The van der Waals surface area contributed by atoms with Gasteiger partial charge in [-0.2, -0.15) is 4.31 Å². The number of aliphatic hydroxyl groups is 1. The van der Waals surface area contributed by atoms with Gasteiger partial charge < -0.3 is 10.8 Å². The molecule has 0 atom stereocenters. The molecule has 0 heterocycles. The van der Waals surface area contributed by atoms with E-state index in [4.69, 9.17) is 5.73 Å². The first-order chi connectivity index (χ1) is 9.24. The van der Waals surface area contributed by atoms with Crippen molar-refractivity contribution in [3.8, 4) is 0 Å². The molecule has 1 fully saturated rings. The monoisotopic (exact) mass is 298 g/mol. The summed E-state index contributed by atoms with van der Waals surface area (Å²) in [7, 11) is -2.12. The summed E-state index contributed by atoms with van der Waals surface area (Å²) in [6.45, 7) is 1.87. The molecule has 0 spiro atoms. The van der Waals surface area contributed by atoms with E-state index in [0.29, 0.717) is 24.1 Å². The zero-order valence-corrected chi connectivity index (χ0v) is 12.8. The van der Waals surface area contributed by atoms with Crippen LogP contribution in [0.25, 0.3) is 0 Å². The van der Waals surface area contributed by atoms with E-state index in [1.54, 1.807) is 19.1 Å². The van der Waals surface area contributed by atoms with E-state index in [1.165, 1.54) is 17.4 Å². The normalized spacial score (nSPS) is 18.6. The number of nitrogen functional groups attached to an aromatic ring is 1. The zero-order chi connectivity index (χ0) is 15.0. The fourth-order valence-electron chi connectivity index (χ4n) is 2.75. The van der Waals surface area contributed by atoms with Crippen LogP contribution in [0.1, 0.15) is 31.2 Å². The molecular formula is C14H22N2O3S. The SMILES string of the molecule is Cc1ccc(N)cc1S(=O)(=O)N(C)CC1(O)CCCC1. The van der Waals surface area contributed by atoms with Crippen LogP contribution >= 0.6 is 0 Å². The van der Waals surface area contributed by atoms with Gasteiger partial charge in [0, 0.05) is 19.3 Å². The molecule has 0 amide bonds. The predicted molar refractivity (Wildman–Crippen MR) is 78.8 cm³/mol. The Morgan fingerprint density at radius 3 is 2.55 bits per heavy atom. The van der Waals surface area contributed by atoms with Crippen molar-refractivity contribution in [2.24, 2.45) is 0 Å². The topological polar surface area (TPSA) is 83.6 Å². The molecule has 0 radical (unpaired) electrons. The van der Waals surface area contributed by atoms with E-state index in [-0.39, 0.29) is 11.4 Å². The summed E-state index contributed by atoms with van der Waals surface area (Å²) < 4.78 is 26.4. The van der Waals surface area contributed by atoms with E-state index in [9.17, 15) is 13.5 Å². The van der Waals surface area contributed by atoms with Crippen molar-refractivity contribution in [3.63, 3.8) is 0 Å². The number of hydrogen-bond acceptors (Lipinski definition) is 4. The Morgan fingerprint density at radius 2 is 1.95 bits per heavy atom. The first-order valence-electron chi connectivity index (χ1n) is 6.79. The number of nitrogens with two attached hydrogens (primary N) is 1. The predicted octanol–water partition coefficient (Wildman–Crippen LogP) is 1.50. The molecule has 0 aromatic heterocycles. The van der Waals surface area contributed by atoms with Gasteiger partial charge in [-0.25, -0.2) is 8.42 Å². The van der Waals surface area contributed by atoms with E-state index < -0.39 is 15.6 Å². The summed E-state index contributed by atoms with van der Waals surface area (Å²) in [5.74, 6) is 0. The van der Waals surface area contributed by atoms with Gasteiger partial charge in [0.2, 0.25) is 10.0 Å². The van der Waals surface area contributed by atoms with E-state index >= 15 is 0 Å². The van der Waals surface area contributed by atoms with Gasteiger partial charge in [0.1, 0.15) is 0 Å². The molecule has 5 nitrogen and oxygen atoms in total. The molecule has 0 unspecified atom stereocenters. The third-order valence-electron chi connectivity index (χ3n) is 3.95. The second-order valence-electron chi connectivity index (χ2n) is 5.72. The smallest absolute Gasteiger partial charge is 0.243 e. The molecule has 1 aliphatic carbocycles. The number of anilines is 1. The van der Waals surface area contributed by atoms with Gasteiger partial charge in [-0.1, -0.05) is 18.9 Å². The van der Waals surface area contributed by atoms with Crippen LogP contribution in [0.15, 0.2) is 23.1 Å².